The molecule has 1 amide bonds. The standard InChI is InChI=1S/C20H31N3O/c1-16-9-13-23(14-10-16)20(24)8-6-17-5-7-19(18(21)15-17)22-11-3-2-4-12-22/h5,7,15-16H,2-4,6,8-14,21H2,1H3. The highest BCUT2D eigenvalue weighted by Gasteiger charge is 2.20. The van der Waals surface area contributed by atoms with Gasteiger partial charge in [0.1, 0.15) is 0 Å². The molecule has 0 bridgehead atoms. The largest absolute Gasteiger partial charge is 0.397 e. The van der Waals surface area contributed by atoms with Crippen molar-refractivity contribution in [2.45, 2.75) is 51.9 Å². The number of aryl methyl sites for hydroxylation is 1. The summed E-state index contributed by atoms with van der Waals surface area (Å²) in [5, 5.41) is 0. The van der Waals surface area contributed by atoms with E-state index >= 15 is 0 Å². The summed E-state index contributed by atoms with van der Waals surface area (Å²) in [4.78, 5) is 16.8. The van der Waals surface area contributed by atoms with E-state index in [1.165, 1.54) is 24.8 Å². The van der Waals surface area contributed by atoms with Gasteiger partial charge in [0, 0.05) is 32.6 Å². The molecule has 2 fully saturated rings. The maximum atomic E-state index is 12.4. The summed E-state index contributed by atoms with van der Waals surface area (Å²) >= 11 is 0. The average Bonchev–Trinajstić information content (AvgIpc) is 2.61. The van der Waals surface area contributed by atoms with E-state index in [9.17, 15) is 4.79 Å². The number of nitrogens with zero attached hydrogens (tertiary/aromatic N) is 2. The van der Waals surface area contributed by atoms with Gasteiger partial charge in [0.25, 0.3) is 0 Å². The van der Waals surface area contributed by atoms with Gasteiger partial charge in [0.2, 0.25) is 5.91 Å². The van der Waals surface area contributed by atoms with Crippen LogP contribution >= 0.6 is 0 Å². The van der Waals surface area contributed by atoms with Crippen LogP contribution in [-0.4, -0.2) is 37.0 Å². The first-order chi connectivity index (χ1) is 11.6. The molecule has 4 heteroatoms. The van der Waals surface area contributed by atoms with Gasteiger partial charge in [-0.2, -0.15) is 0 Å². The molecule has 0 aromatic heterocycles. The highest BCUT2D eigenvalue weighted by Crippen LogP contribution is 2.27. The van der Waals surface area contributed by atoms with Crippen LogP contribution in [0.5, 0.6) is 0 Å². The topological polar surface area (TPSA) is 49.6 Å². The van der Waals surface area contributed by atoms with Crippen LogP contribution in [0, 0.1) is 5.92 Å². The molecule has 4 nitrogen and oxygen atoms in total. The number of benzene rings is 1. The lowest BCUT2D eigenvalue weighted by Crippen LogP contribution is -2.38. The number of anilines is 2. The Kier molecular flexibility index (Phi) is 5.64. The monoisotopic (exact) mass is 329 g/mol. The zero-order valence-corrected chi connectivity index (χ0v) is 15.0. The van der Waals surface area contributed by atoms with Gasteiger partial charge in [0.15, 0.2) is 0 Å². The Morgan fingerprint density at radius 1 is 1.12 bits per heavy atom. The number of hydrogen-bond acceptors (Lipinski definition) is 3. The molecule has 2 aliphatic rings. The lowest BCUT2D eigenvalue weighted by atomic mass is 9.98. The maximum Gasteiger partial charge on any atom is 0.222 e. The van der Waals surface area contributed by atoms with Crippen LogP contribution in [0.15, 0.2) is 18.2 Å². The van der Waals surface area contributed by atoms with Crippen molar-refractivity contribution in [3.8, 4) is 0 Å². The summed E-state index contributed by atoms with van der Waals surface area (Å²) in [6.45, 7) is 6.34. The van der Waals surface area contributed by atoms with Crippen LogP contribution < -0.4 is 10.6 Å². The molecule has 1 aromatic rings. The maximum absolute atomic E-state index is 12.4. The van der Waals surface area contributed by atoms with Crippen molar-refractivity contribution in [3.63, 3.8) is 0 Å². The van der Waals surface area contributed by atoms with Crippen molar-refractivity contribution < 1.29 is 4.79 Å². The number of nitrogens with two attached hydrogens (primary N) is 1. The Morgan fingerprint density at radius 2 is 1.83 bits per heavy atom. The minimum atomic E-state index is 0.292. The van der Waals surface area contributed by atoms with E-state index in [0.29, 0.717) is 12.3 Å². The SMILES string of the molecule is CC1CCN(C(=O)CCc2ccc(N3CCCCC3)c(N)c2)CC1. The number of amides is 1. The summed E-state index contributed by atoms with van der Waals surface area (Å²) in [6.07, 6.45) is 7.50. The molecule has 0 spiro atoms. The number of carbonyl (C=O) groups excluding carboxylic acids is 1. The van der Waals surface area contributed by atoms with Gasteiger partial charge in [-0.05, 0) is 62.1 Å². The fourth-order valence-electron chi connectivity index (χ4n) is 3.85. The summed E-state index contributed by atoms with van der Waals surface area (Å²) < 4.78 is 0. The molecule has 0 aliphatic carbocycles. The molecular weight excluding hydrogens is 298 g/mol. The van der Waals surface area contributed by atoms with E-state index in [4.69, 9.17) is 5.73 Å². The number of rotatable bonds is 4. The van der Waals surface area contributed by atoms with Gasteiger partial charge in [-0.3, -0.25) is 4.79 Å². The van der Waals surface area contributed by atoms with E-state index < -0.39 is 0 Å². The second kappa shape index (κ2) is 7.91. The number of nitrogen functional groups attached to an aromatic ring is 1. The molecule has 3 rings (SSSR count). The van der Waals surface area contributed by atoms with Crippen LogP contribution in [0.4, 0.5) is 11.4 Å². The first kappa shape index (κ1) is 17.1. The molecule has 2 heterocycles. The lowest BCUT2D eigenvalue weighted by Gasteiger charge is -2.30. The first-order valence-corrected chi connectivity index (χ1v) is 9.54. The molecule has 24 heavy (non-hydrogen) atoms. The number of piperidine rings is 2. The van der Waals surface area contributed by atoms with Gasteiger partial charge < -0.3 is 15.5 Å². The van der Waals surface area contributed by atoms with Crippen molar-refractivity contribution in [1.29, 1.82) is 0 Å². The smallest absolute Gasteiger partial charge is 0.222 e. The van der Waals surface area contributed by atoms with Crippen molar-refractivity contribution in [1.82, 2.24) is 4.90 Å². The van der Waals surface area contributed by atoms with Crippen LogP contribution in [-0.2, 0) is 11.2 Å². The molecule has 2 N–H and O–H groups in total. The highest BCUT2D eigenvalue weighted by atomic mass is 16.2. The van der Waals surface area contributed by atoms with Gasteiger partial charge in [-0.1, -0.05) is 13.0 Å². The van der Waals surface area contributed by atoms with Crippen LogP contribution in [0.3, 0.4) is 0 Å². The second-order valence-electron chi connectivity index (χ2n) is 7.50. The van der Waals surface area contributed by atoms with E-state index in [0.717, 1.165) is 62.7 Å². The molecule has 0 atom stereocenters. The Morgan fingerprint density at radius 3 is 2.50 bits per heavy atom. The first-order valence-electron chi connectivity index (χ1n) is 9.54. The van der Waals surface area contributed by atoms with Crippen molar-refractivity contribution in [3.05, 3.63) is 23.8 Å². The van der Waals surface area contributed by atoms with Gasteiger partial charge >= 0.3 is 0 Å². The molecule has 1 aromatic carbocycles. The molecule has 0 saturated carbocycles. The fraction of sp³-hybridized carbons (Fsp3) is 0.650. The summed E-state index contributed by atoms with van der Waals surface area (Å²) in [7, 11) is 0. The predicted molar refractivity (Wildman–Crippen MR) is 100 cm³/mol. The average molecular weight is 329 g/mol. The molecule has 2 saturated heterocycles. The van der Waals surface area contributed by atoms with Crippen molar-refractivity contribution in [2.75, 3.05) is 36.8 Å². The fourth-order valence-corrected chi connectivity index (χ4v) is 3.85. The third kappa shape index (κ3) is 4.22. The van der Waals surface area contributed by atoms with Gasteiger partial charge in [0.05, 0.1) is 11.4 Å². The molecule has 132 valence electrons. The normalized spacial score (nSPS) is 19.5. The third-order valence-corrected chi connectivity index (χ3v) is 5.55. The van der Waals surface area contributed by atoms with Crippen LogP contribution in [0.1, 0.15) is 51.0 Å². The summed E-state index contributed by atoms with van der Waals surface area (Å²) in [5.41, 5.74) is 9.47. The van der Waals surface area contributed by atoms with Gasteiger partial charge in [-0.15, -0.1) is 0 Å². The number of carbonyl (C=O) groups is 1. The van der Waals surface area contributed by atoms with E-state index in [1.807, 2.05) is 4.90 Å². The molecule has 0 radical (unpaired) electrons. The third-order valence-electron chi connectivity index (χ3n) is 5.55. The van der Waals surface area contributed by atoms with Crippen molar-refractivity contribution in [2.24, 2.45) is 5.92 Å². The predicted octanol–water partition coefficient (Wildman–Crippen LogP) is 3.45. The molecule has 2 aliphatic heterocycles. The van der Waals surface area contributed by atoms with E-state index in [2.05, 4.69) is 30.0 Å². The minimum Gasteiger partial charge on any atom is -0.397 e. The summed E-state index contributed by atoms with van der Waals surface area (Å²) in [6, 6.07) is 6.35. The Labute approximate surface area is 146 Å². The van der Waals surface area contributed by atoms with E-state index in [1.54, 1.807) is 0 Å². The summed E-state index contributed by atoms with van der Waals surface area (Å²) in [5.74, 6) is 1.05. The zero-order chi connectivity index (χ0) is 16.9. The Balaban J connectivity index is 1.54. The highest BCUT2D eigenvalue weighted by molar-refractivity contribution is 5.77. The Bertz CT molecular complexity index is 558. The Hall–Kier alpha value is -1.71. The van der Waals surface area contributed by atoms with Gasteiger partial charge in [-0.25, -0.2) is 0 Å². The second-order valence-corrected chi connectivity index (χ2v) is 7.50. The lowest BCUT2D eigenvalue weighted by molar-refractivity contribution is -0.132. The van der Waals surface area contributed by atoms with Crippen LogP contribution in [0.2, 0.25) is 0 Å². The number of hydrogen-bond donors (Lipinski definition) is 1. The molecule has 0 unspecified atom stereocenters. The van der Waals surface area contributed by atoms with Crippen molar-refractivity contribution >= 4 is 17.3 Å². The van der Waals surface area contributed by atoms with E-state index in [-0.39, 0.29) is 0 Å². The number of likely N-dealkylation sites (tertiary alicyclic amines) is 1. The zero-order valence-electron chi connectivity index (χ0n) is 15.0. The minimum absolute atomic E-state index is 0.292. The molecular formula is C20H31N3O. The quantitative estimate of drug-likeness (QED) is 0.861. The van der Waals surface area contributed by atoms with Crippen LogP contribution in [0.25, 0.3) is 0 Å².